The van der Waals surface area contributed by atoms with Gasteiger partial charge in [-0.1, -0.05) is 36.4 Å². The largest absolute Gasteiger partial charge is 0.376 e. The first-order valence-corrected chi connectivity index (χ1v) is 10.1. The zero-order chi connectivity index (χ0) is 20.9. The molecule has 0 aliphatic carbocycles. The first-order chi connectivity index (χ1) is 14.7. The summed E-state index contributed by atoms with van der Waals surface area (Å²) in [5.74, 6) is -0.639. The van der Waals surface area contributed by atoms with Gasteiger partial charge in [-0.05, 0) is 53.9 Å². The molecule has 1 aromatic heterocycles. The molecule has 4 rings (SSSR count). The van der Waals surface area contributed by atoms with Crippen LogP contribution in [-0.2, 0) is 4.79 Å². The molecule has 3 aromatic carbocycles. The van der Waals surface area contributed by atoms with Crippen LogP contribution in [0, 0.1) is 0 Å². The zero-order valence-electron chi connectivity index (χ0n) is 15.9. The molecule has 0 unspecified atom stereocenters. The van der Waals surface area contributed by atoms with Crippen LogP contribution in [0.4, 0.5) is 17.1 Å². The number of hydrogen-bond donors (Lipinski definition) is 3. The Kier molecular flexibility index (Phi) is 5.74. The van der Waals surface area contributed by atoms with Gasteiger partial charge in [0.05, 0.1) is 11.4 Å². The molecular formula is C23H19N3O3S. The van der Waals surface area contributed by atoms with Crippen LogP contribution in [0.5, 0.6) is 0 Å². The van der Waals surface area contributed by atoms with Crippen molar-refractivity contribution in [1.82, 2.24) is 5.48 Å². The molecule has 0 atom stereocenters. The first-order valence-electron chi connectivity index (χ1n) is 9.30. The minimum Gasteiger partial charge on any atom is -0.376 e. The summed E-state index contributed by atoms with van der Waals surface area (Å²) in [7, 11) is 0. The van der Waals surface area contributed by atoms with Gasteiger partial charge in [-0.3, -0.25) is 19.7 Å². The van der Waals surface area contributed by atoms with E-state index >= 15 is 0 Å². The van der Waals surface area contributed by atoms with E-state index in [-0.39, 0.29) is 12.5 Å². The number of nitrogens with one attached hydrogen (secondary N) is 2. The van der Waals surface area contributed by atoms with Gasteiger partial charge in [-0.15, -0.1) is 11.3 Å². The number of para-hydroxylation sites is 2. The van der Waals surface area contributed by atoms with Crippen LogP contribution < -0.4 is 15.7 Å². The number of hydrogen-bond acceptors (Lipinski definition) is 5. The summed E-state index contributed by atoms with van der Waals surface area (Å²) in [6, 6.07) is 26.4. The van der Waals surface area contributed by atoms with Gasteiger partial charge in [0.2, 0.25) is 0 Å². The molecular weight excluding hydrogens is 398 g/mol. The second kappa shape index (κ2) is 8.77. The first kappa shape index (κ1) is 19.6. The second-order valence-electron chi connectivity index (χ2n) is 6.56. The third kappa shape index (κ3) is 4.17. The number of hydroxylamine groups is 1. The molecule has 150 valence electrons. The van der Waals surface area contributed by atoms with Crippen molar-refractivity contribution in [3.63, 3.8) is 0 Å². The molecule has 0 bridgehead atoms. The maximum Gasteiger partial charge on any atom is 0.284 e. The van der Waals surface area contributed by atoms with Crippen LogP contribution in [0.3, 0.4) is 0 Å². The molecule has 0 saturated carbocycles. The molecule has 4 aromatic rings. The summed E-state index contributed by atoms with van der Waals surface area (Å²) < 4.78 is 0.917. The van der Waals surface area contributed by atoms with Gasteiger partial charge < -0.3 is 5.32 Å². The molecule has 0 saturated heterocycles. The number of anilines is 3. The number of amides is 2. The normalized spacial score (nSPS) is 10.6. The Morgan fingerprint density at radius 3 is 2.10 bits per heavy atom. The van der Waals surface area contributed by atoms with Gasteiger partial charge in [0, 0.05) is 21.8 Å². The van der Waals surface area contributed by atoms with E-state index < -0.39 is 5.91 Å². The van der Waals surface area contributed by atoms with Gasteiger partial charge in [-0.25, -0.2) is 5.48 Å². The predicted octanol–water partition coefficient (Wildman–Crippen LogP) is 4.80. The van der Waals surface area contributed by atoms with Crippen LogP contribution in [-0.4, -0.2) is 23.6 Å². The minimum absolute atomic E-state index is 0.0989. The zero-order valence-corrected chi connectivity index (χ0v) is 16.7. The SMILES string of the molecule is O=C(NO)c1cc2cc(NCC(=O)N(c3ccccc3)c3ccccc3)ccc2s1. The maximum atomic E-state index is 13.1. The van der Waals surface area contributed by atoms with E-state index in [0.29, 0.717) is 4.88 Å². The molecule has 0 fully saturated rings. The van der Waals surface area contributed by atoms with Crippen LogP contribution in [0.1, 0.15) is 9.67 Å². The smallest absolute Gasteiger partial charge is 0.284 e. The predicted molar refractivity (Wildman–Crippen MR) is 120 cm³/mol. The highest BCUT2D eigenvalue weighted by atomic mass is 32.1. The molecule has 6 nitrogen and oxygen atoms in total. The van der Waals surface area contributed by atoms with Gasteiger partial charge in [0.15, 0.2) is 0 Å². The van der Waals surface area contributed by atoms with E-state index in [4.69, 9.17) is 5.21 Å². The summed E-state index contributed by atoms with van der Waals surface area (Å²) in [6.45, 7) is 0.101. The highest BCUT2D eigenvalue weighted by molar-refractivity contribution is 7.20. The lowest BCUT2D eigenvalue weighted by molar-refractivity contribution is -0.116. The van der Waals surface area contributed by atoms with E-state index in [1.165, 1.54) is 11.3 Å². The van der Waals surface area contributed by atoms with Crippen molar-refractivity contribution < 1.29 is 14.8 Å². The summed E-state index contributed by atoms with van der Waals surface area (Å²) >= 11 is 1.29. The molecule has 0 radical (unpaired) electrons. The van der Waals surface area contributed by atoms with E-state index in [2.05, 4.69) is 5.32 Å². The average Bonchev–Trinajstić information content (AvgIpc) is 3.22. The van der Waals surface area contributed by atoms with E-state index in [1.54, 1.807) is 16.4 Å². The second-order valence-corrected chi connectivity index (χ2v) is 7.64. The monoisotopic (exact) mass is 417 g/mol. The van der Waals surface area contributed by atoms with Crippen LogP contribution >= 0.6 is 11.3 Å². The number of fused-ring (bicyclic) bond motifs is 1. The number of nitrogens with zero attached hydrogens (tertiary/aromatic N) is 1. The summed E-state index contributed by atoms with van der Waals surface area (Å²) in [5.41, 5.74) is 4.01. The van der Waals surface area contributed by atoms with E-state index in [9.17, 15) is 9.59 Å². The highest BCUT2D eigenvalue weighted by Gasteiger charge is 2.17. The molecule has 0 aliphatic heterocycles. The Hall–Kier alpha value is -3.68. The topological polar surface area (TPSA) is 81.7 Å². The van der Waals surface area contributed by atoms with Gasteiger partial charge >= 0.3 is 0 Å². The lowest BCUT2D eigenvalue weighted by Gasteiger charge is -2.23. The molecule has 1 heterocycles. The number of carbonyl (C=O) groups excluding carboxylic acids is 2. The molecule has 30 heavy (non-hydrogen) atoms. The Balaban J connectivity index is 1.54. The minimum atomic E-state index is -0.540. The van der Waals surface area contributed by atoms with Crippen LogP contribution in [0.25, 0.3) is 10.1 Å². The molecule has 3 N–H and O–H groups in total. The lowest BCUT2D eigenvalue weighted by Crippen LogP contribution is -2.31. The average molecular weight is 417 g/mol. The highest BCUT2D eigenvalue weighted by Crippen LogP contribution is 2.29. The third-order valence-electron chi connectivity index (χ3n) is 4.56. The lowest BCUT2D eigenvalue weighted by atomic mass is 10.2. The Labute approximate surface area is 177 Å². The molecule has 0 spiro atoms. The molecule has 7 heteroatoms. The quantitative estimate of drug-likeness (QED) is 0.311. The summed E-state index contributed by atoms with van der Waals surface area (Å²) in [6.07, 6.45) is 0. The van der Waals surface area contributed by atoms with Crippen molar-refractivity contribution >= 4 is 50.3 Å². The fourth-order valence-corrected chi connectivity index (χ4v) is 4.10. The molecule has 2 amide bonds. The fraction of sp³-hybridized carbons (Fsp3) is 0.0435. The van der Waals surface area contributed by atoms with Crippen molar-refractivity contribution in [2.24, 2.45) is 0 Å². The van der Waals surface area contributed by atoms with Crippen molar-refractivity contribution in [3.8, 4) is 0 Å². The standard InChI is InChI=1S/C23H19N3O3S/c27-22(26(18-7-3-1-4-8-18)19-9-5-2-6-10-19)15-24-17-11-12-20-16(13-17)14-21(30-20)23(28)25-29/h1-14,24,29H,15H2,(H,25,28). The van der Waals surface area contributed by atoms with Crippen molar-refractivity contribution in [1.29, 1.82) is 0 Å². The Morgan fingerprint density at radius 2 is 1.50 bits per heavy atom. The fourth-order valence-electron chi connectivity index (χ4n) is 3.17. The summed E-state index contributed by atoms with van der Waals surface area (Å²) in [5, 5.41) is 12.8. The van der Waals surface area contributed by atoms with Gasteiger partial charge in [0.1, 0.15) is 0 Å². The van der Waals surface area contributed by atoms with Gasteiger partial charge in [0.25, 0.3) is 11.8 Å². The van der Waals surface area contributed by atoms with Crippen molar-refractivity contribution in [2.45, 2.75) is 0 Å². The van der Waals surface area contributed by atoms with Crippen LogP contribution in [0.15, 0.2) is 84.9 Å². The van der Waals surface area contributed by atoms with E-state index in [0.717, 1.165) is 27.1 Å². The number of benzene rings is 3. The van der Waals surface area contributed by atoms with Crippen molar-refractivity contribution in [3.05, 3.63) is 89.8 Å². The van der Waals surface area contributed by atoms with Crippen molar-refractivity contribution in [2.75, 3.05) is 16.8 Å². The van der Waals surface area contributed by atoms with Gasteiger partial charge in [-0.2, -0.15) is 0 Å². The third-order valence-corrected chi connectivity index (χ3v) is 5.68. The molecule has 0 aliphatic rings. The number of carbonyl (C=O) groups is 2. The van der Waals surface area contributed by atoms with Crippen LogP contribution in [0.2, 0.25) is 0 Å². The Bertz CT molecular complexity index is 1140. The number of thiophene rings is 1. The van der Waals surface area contributed by atoms with E-state index in [1.807, 2.05) is 78.9 Å². The Morgan fingerprint density at radius 1 is 0.867 bits per heavy atom. The number of rotatable bonds is 6. The summed E-state index contributed by atoms with van der Waals surface area (Å²) in [4.78, 5) is 26.8. The maximum absolute atomic E-state index is 13.1.